The van der Waals surface area contributed by atoms with Crippen molar-refractivity contribution in [2.24, 2.45) is 5.92 Å². The zero-order valence-corrected chi connectivity index (χ0v) is 8.96. The van der Waals surface area contributed by atoms with Gasteiger partial charge < -0.3 is 10.2 Å². The SMILES string of the molecule is CN1C(=O)CCCC2CNCCCC21. The van der Waals surface area contributed by atoms with E-state index in [1.807, 2.05) is 11.9 Å². The summed E-state index contributed by atoms with van der Waals surface area (Å²) in [7, 11) is 1.98. The van der Waals surface area contributed by atoms with E-state index in [1.54, 1.807) is 0 Å². The van der Waals surface area contributed by atoms with Crippen molar-refractivity contribution in [3.63, 3.8) is 0 Å². The molecule has 3 heteroatoms. The van der Waals surface area contributed by atoms with Crippen LogP contribution in [0.3, 0.4) is 0 Å². The molecule has 0 spiro atoms. The van der Waals surface area contributed by atoms with Gasteiger partial charge in [0.25, 0.3) is 0 Å². The van der Waals surface area contributed by atoms with E-state index in [0.29, 0.717) is 17.9 Å². The third-order valence-corrected chi connectivity index (χ3v) is 3.66. The van der Waals surface area contributed by atoms with Gasteiger partial charge in [-0.3, -0.25) is 4.79 Å². The molecule has 0 aromatic carbocycles. The van der Waals surface area contributed by atoms with Crippen molar-refractivity contribution in [2.45, 2.75) is 38.1 Å². The first-order chi connectivity index (χ1) is 6.79. The third kappa shape index (κ3) is 1.92. The highest BCUT2D eigenvalue weighted by atomic mass is 16.2. The Kier molecular flexibility index (Phi) is 3.06. The number of hydrogen-bond acceptors (Lipinski definition) is 2. The van der Waals surface area contributed by atoms with Crippen molar-refractivity contribution < 1.29 is 4.79 Å². The van der Waals surface area contributed by atoms with Gasteiger partial charge in [0.15, 0.2) is 0 Å². The predicted octanol–water partition coefficient (Wildman–Crippen LogP) is 0.997. The van der Waals surface area contributed by atoms with Gasteiger partial charge in [0.1, 0.15) is 0 Å². The Balaban J connectivity index is 2.11. The quantitative estimate of drug-likeness (QED) is 0.627. The third-order valence-electron chi connectivity index (χ3n) is 3.66. The molecular formula is C11H20N2O. The summed E-state index contributed by atoms with van der Waals surface area (Å²) in [5, 5.41) is 3.47. The number of carbonyl (C=O) groups excluding carboxylic acids is 1. The van der Waals surface area contributed by atoms with E-state index in [4.69, 9.17) is 0 Å². The van der Waals surface area contributed by atoms with Crippen molar-refractivity contribution in [1.29, 1.82) is 0 Å². The molecule has 0 saturated carbocycles. The molecule has 2 aliphatic rings. The summed E-state index contributed by atoms with van der Waals surface area (Å²) >= 11 is 0. The lowest BCUT2D eigenvalue weighted by atomic mass is 9.93. The number of hydrogen-bond donors (Lipinski definition) is 1. The summed E-state index contributed by atoms with van der Waals surface area (Å²) < 4.78 is 0. The highest BCUT2D eigenvalue weighted by Gasteiger charge is 2.31. The van der Waals surface area contributed by atoms with E-state index < -0.39 is 0 Å². The summed E-state index contributed by atoms with van der Waals surface area (Å²) in [4.78, 5) is 13.7. The van der Waals surface area contributed by atoms with Crippen molar-refractivity contribution in [1.82, 2.24) is 10.2 Å². The van der Waals surface area contributed by atoms with Crippen LogP contribution in [0.5, 0.6) is 0 Å². The monoisotopic (exact) mass is 196 g/mol. The second-order valence-electron chi connectivity index (χ2n) is 4.57. The second kappa shape index (κ2) is 4.30. The van der Waals surface area contributed by atoms with Crippen molar-refractivity contribution in [2.75, 3.05) is 20.1 Å². The Hall–Kier alpha value is -0.570. The van der Waals surface area contributed by atoms with Crippen LogP contribution >= 0.6 is 0 Å². The minimum atomic E-state index is 0.347. The molecule has 2 fully saturated rings. The molecule has 3 nitrogen and oxygen atoms in total. The Morgan fingerprint density at radius 2 is 2.21 bits per heavy atom. The van der Waals surface area contributed by atoms with Crippen molar-refractivity contribution >= 4 is 5.91 Å². The fourth-order valence-corrected chi connectivity index (χ4v) is 2.78. The molecule has 0 aromatic rings. The first kappa shape index (κ1) is 9.97. The van der Waals surface area contributed by atoms with Crippen LogP contribution in [-0.2, 0) is 4.79 Å². The van der Waals surface area contributed by atoms with Gasteiger partial charge >= 0.3 is 0 Å². The molecule has 2 saturated heterocycles. The molecule has 2 heterocycles. The average molecular weight is 196 g/mol. The van der Waals surface area contributed by atoms with Crippen LogP contribution in [0.25, 0.3) is 0 Å². The number of amides is 1. The molecule has 0 radical (unpaired) electrons. The molecule has 2 aliphatic heterocycles. The molecule has 0 aromatic heterocycles. The summed E-state index contributed by atoms with van der Waals surface area (Å²) in [6.45, 7) is 2.22. The molecule has 80 valence electrons. The minimum Gasteiger partial charge on any atom is -0.342 e. The highest BCUT2D eigenvalue weighted by molar-refractivity contribution is 5.76. The number of fused-ring (bicyclic) bond motifs is 1. The Morgan fingerprint density at radius 3 is 3.07 bits per heavy atom. The number of rotatable bonds is 0. The van der Waals surface area contributed by atoms with Gasteiger partial charge in [0.05, 0.1) is 0 Å². The molecule has 2 unspecified atom stereocenters. The van der Waals surface area contributed by atoms with Gasteiger partial charge in [-0.15, -0.1) is 0 Å². The van der Waals surface area contributed by atoms with E-state index >= 15 is 0 Å². The molecule has 14 heavy (non-hydrogen) atoms. The highest BCUT2D eigenvalue weighted by Crippen LogP contribution is 2.26. The first-order valence-electron chi connectivity index (χ1n) is 5.75. The normalized spacial score (nSPS) is 34.6. The van der Waals surface area contributed by atoms with E-state index in [0.717, 1.165) is 25.9 Å². The number of nitrogens with zero attached hydrogens (tertiary/aromatic N) is 1. The molecule has 2 atom stereocenters. The van der Waals surface area contributed by atoms with Crippen LogP contribution in [0.1, 0.15) is 32.1 Å². The van der Waals surface area contributed by atoms with Crippen molar-refractivity contribution in [3.05, 3.63) is 0 Å². The van der Waals surface area contributed by atoms with Gasteiger partial charge in [0.2, 0.25) is 5.91 Å². The van der Waals surface area contributed by atoms with Gasteiger partial charge in [-0.05, 0) is 44.7 Å². The fourth-order valence-electron chi connectivity index (χ4n) is 2.78. The first-order valence-corrected chi connectivity index (χ1v) is 5.75. The van der Waals surface area contributed by atoms with Gasteiger partial charge in [0, 0.05) is 19.5 Å². The summed E-state index contributed by atoms with van der Waals surface area (Å²) in [5.74, 6) is 1.04. The molecule has 2 rings (SSSR count). The standard InChI is InChI=1S/C11H20N2O/c1-13-10-5-3-7-12-8-9(10)4-2-6-11(13)14/h9-10,12H,2-8H2,1H3. The zero-order valence-electron chi connectivity index (χ0n) is 8.96. The summed E-state index contributed by atoms with van der Waals surface area (Å²) in [6.07, 6.45) is 5.43. The smallest absolute Gasteiger partial charge is 0.222 e. The van der Waals surface area contributed by atoms with Crippen LogP contribution in [0.4, 0.5) is 0 Å². The van der Waals surface area contributed by atoms with Gasteiger partial charge in [-0.1, -0.05) is 0 Å². The largest absolute Gasteiger partial charge is 0.342 e. The number of nitrogens with one attached hydrogen (secondary N) is 1. The lowest BCUT2D eigenvalue weighted by molar-refractivity contribution is -0.131. The molecule has 0 aliphatic carbocycles. The molecule has 1 N–H and O–H groups in total. The topological polar surface area (TPSA) is 32.3 Å². The van der Waals surface area contributed by atoms with E-state index in [9.17, 15) is 4.79 Å². The predicted molar refractivity (Wildman–Crippen MR) is 56.0 cm³/mol. The van der Waals surface area contributed by atoms with Crippen LogP contribution in [0, 0.1) is 5.92 Å². The number of carbonyl (C=O) groups is 1. The fraction of sp³-hybridized carbons (Fsp3) is 0.909. The van der Waals surface area contributed by atoms with Crippen LogP contribution in [0.15, 0.2) is 0 Å². The maximum absolute atomic E-state index is 11.7. The van der Waals surface area contributed by atoms with Crippen LogP contribution < -0.4 is 5.32 Å². The Labute approximate surface area is 85.8 Å². The maximum Gasteiger partial charge on any atom is 0.222 e. The zero-order chi connectivity index (χ0) is 9.97. The maximum atomic E-state index is 11.7. The second-order valence-corrected chi connectivity index (χ2v) is 4.57. The summed E-state index contributed by atoms with van der Waals surface area (Å²) in [6, 6.07) is 0.500. The van der Waals surface area contributed by atoms with Gasteiger partial charge in [-0.25, -0.2) is 0 Å². The van der Waals surface area contributed by atoms with Crippen molar-refractivity contribution in [3.8, 4) is 0 Å². The number of likely N-dealkylation sites (tertiary alicyclic amines) is 1. The molecular weight excluding hydrogens is 176 g/mol. The average Bonchev–Trinajstić information content (AvgIpc) is 2.46. The van der Waals surface area contributed by atoms with Crippen LogP contribution in [-0.4, -0.2) is 37.0 Å². The summed E-state index contributed by atoms with van der Waals surface area (Å²) in [5.41, 5.74) is 0. The Bertz CT molecular complexity index is 217. The molecule has 0 bridgehead atoms. The lowest BCUT2D eigenvalue weighted by Crippen LogP contribution is -2.41. The van der Waals surface area contributed by atoms with E-state index in [1.165, 1.54) is 19.3 Å². The molecule has 1 amide bonds. The lowest BCUT2D eigenvalue weighted by Gasteiger charge is -2.30. The minimum absolute atomic E-state index is 0.347. The Morgan fingerprint density at radius 1 is 1.36 bits per heavy atom. The van der Waals surface area contributed by atoms with E-state index in [2.05, 4.69) is 5.32 Å². The van der Waals surface area contributed by atoms with E-state index in [-0.39, 0.29) is 0 Å². The van der Waals surface area contributed by atoms with Crippen LogP contribution in [0.2, 0.25) is 0 Å². The van der Waals surface area contributed by atoms with Gasteiger partial charge in [-0.2, -0.15) is 0 Å².